The van der Waals surface area contributed by atoms with E-state index in [1.807, 2.05) is 36.4 Å². The molecule has 0 amide bonds. The summed E-state index contributed by atoms with van der Waals surface area (Å²) < 4.78 is 5.21. The second kappa shape index (κ2) is 9.67. The fraction of sp³-hybridized carbons (Fsp3) is 0.400. The molecule has 0 unspecified atom stereocenters. The molecule has 0 aliphatic rings. The third kappa shape index (κ3) is 5.82. The van der Waals surface area contributed by atoms with E-state index in [0.717, 1.165) is 37.2 Å². The molecule has 2 aromatic rings. The maximum atomic E-state index is 10.5. The standard InChI is InChI=1S/C20H26ClNO2/c1-3-4-13-22(14-16-5-11-19(24-2)12-6-16)15-20(23)17-7-9-18(21)10-8-17/h5-12,20,23H,3-4,13-15H2,1-2H3/t20-/m0/s1. The van der Waals surface area contributed by atoms with Crippen molar-refractivity contribution < 1.29 is 9.84 Å². The average Bonchev–Trinajstić information content (AvgIpc) is 2.60. The van der Waals surface area contributed by atoms with Gasteiger partial charge in [-0.3, -0.25) is 4.90 Å². The number of unbranched alkanes of at least 4 members (excludes halogenated alkanes) is 1. The van der Waals surface area contributed by atoms with E-state index in [-0.39, 0.29) is 0 Å². The van der Waals surface area contributed by atoms with Gasteiger partial charge in [-0.25, -0.2) is 0 Å². The van der Waals surface area contributed by atoms with Crippen molar-refractivity contribution in [1.29, 1.82) is 0 Å². The predicted octanol–water partition coefficient (Wildman–Crippen LogP) is 4.68. The van der Waals surface area contributed by atoms with Gasteiger partial charge in [0, 0.05) is 18.1 Å². The molecular formula is C20H26ClNO2. The molecule has 2 rings (SSSR count). The molecule has 2 aromatic carbocycles. The Morgan fingerprint density at radius 1 is 1.08 bits per heavy atom. The molecule has 0 bridgehead atoms. The Bertz CT molecular complexity index is 598. The molecule has 0 fully saturated rings. The van der Waals surface area contributed by atoms with Crippen LogP contribution in [-0.2, 0) is 6.54 Å². The number of hydrogen-bond donors (Lipinski definition) is 1. The van der Waals surface area contributed by atoms with E-state index < -0.39 is 6.10 Å². The summed E-state index contributed by atoms with van der Waals surface area (Å²) in [5.41, 5.74) is 2.12. The number of aliphatic hydroxyl groups excluding tert-OH is 1. The highest BCUT2D eigenvalue weighted by atomic mass is 35.5. The van der Waals surface area contributed by atoms with E-state index >= 15 is 0 Å². The second-order valence-electron chi connectivity index (χ2n) is 6.00. The molecule has 0 spiro atoms. The normalized spacial score (nSPS) is 12.4. The third-order valence-corrected chi connectivity index (χ3v) is 4.33. The van der Waals surface area contributed by atoms with Crippen molar-refractivity contribution in [2.45, 2.75) is 32.4 Å². The zero-order valence-electron chi connectivity index (χ0n) is 14.4. The van der Waals surface area contributed by atoms with Crippen LogP contribution in [0.15, 0.2) is 48.5 Å². The van der Waals surface area contributed by atoms with Gasteiger partial charge in [0.1, 0.15) is 5.75 Å². The fourth-order valence-electron chi connectivity index (χ4n) is 2.64. The predicted molar refractivity (Wildman–Crippen MR) is 99.6 cm³/mol. The fourth-order valence-corrected chi connectivity index (χ4v) is 2.77. The highest BCUT2D eigenvalue weighted by Crippen LogP contribution is 2.19. The minimum Gasteiger partial charge on any atom is -0.497 e. The van der Waals surface area contributed by atoms with Crippen LogP contribution in [0.2, 0.25) is 5.02 Å². The molecule has 0 saturated carbocycles. The van der Waals surface area contributed by atoms with Crippen LogP contribution in [0.4, 0.5) is 0 Å². The van der Waals surface area contributed by atoms with Gasteiger partial charge < -0.3 is 9.84 Å². The molecule has 4 heteroatoms. The Labute approximate surface area is 149 Å². The lowest BCUT2D eigenvalue weighted by molar-refractivity contribution is 0.108. The molecule has 0 aliphatic carbocycles. The van der Waals surface area contributed by atoms with E-state index in [1.165, 1.54) is 5.56 Å². The summed E-state index contributed by atoms with van der Waals surface area (Å²) in [5, 5.41) is 11.2. The third-order valence-electron chi connectivity index (χ3n) is 4.08. The highest BCUT2D eigenvalue weighted by Gasteiger charge is 2.14. The maximum Gasteiger partial charge on any atom is 0.118 e. The van der Waals surface area contributed by atoms with Gasteiger partial charge in [0.2, 0.25) is 0 Å². The average molecular weight is 348 g/mol. The first-order chi connectivity index (χ1) is 11.6. The van der Waals surface area contributed by atoms with E-state index in [1.54, 1.807) is 7.11 Å². The number of hydrogen-bond acceptors (Lipinski definition) is 3. The number of benzene rings is 2. The lowest BCUT2D eigenvalue weighted by Crippen LogP contribution is -2.29. The van der Waals surface area contributed by atoms with Crippen LogP contribution in [0.5, 0.6) is 5.75 Å². The van der Waals surface area contributed by atoms with Crippen LogP contribution in [0.25, 0.3) is 0 Å². The molecule has 3 nitrogen and oxygen atoms in total. The molecule has 0 saturated heterocycles. The van der Waals surface area contributed by atoms with Crippen LogP contribution in [0, 0.1) is 0 Å². The van der Waals surface area contributed by atoms with Gasteiger partial charge in [0.25, 0.3) is 0 Å². The topological polar surface area (TPSA) is 32.7 Å². The SMILES string of the molecule is CCCCN(Cc1ccc(OC)cc1)C[C@H](O)c1ccc(Cl)cc1. The Morgan fingerprint density at radius 3 is 2.33 bits per heavy atom. The summed E-state index contributed by atoms with van der Waals surface area (Å²) >= 11 is 5.92. The van der Waals surface area contributed by atoms with Crippen LogP contribution in [0.1, 0.15) is 37.0 Å². The number of methoxy groups -OCH3 is 1. The van der Waals surface area contributed by atoms with Crippen LogP contribution in [0.3, 0.4) is 0 Å². The molecule has 1 N–H and O–H groups in total. The highest BCUT2D eigenvalue weighted by molar-refractivity contribution is 6.30. The Hall–Kier alpha value is -1.55. The quantitative estimate of drug-likeness (QED) is 0.714. The van der Waals surface area contributed by atoms with Gasteiger partial charge >= 0.3 is 0 Å². The minimum atomic E-state index is -0.516. The Morgan fingerprint density at radius 2 is 1.75 bits per heavy atom. The summed E-state index contributed by atoms with van der Waals surface area (Å²) in [7, 11) is 1.67. The number of rotatable bonds is 9. The first-order valence-corrected chi connectivity index (χ1v) is 8.79. The van der Waals surface area contributed by atoms with E-state index in [0.29, 0.717) is 11.6 Å². The molecule has 0 heterocycles. The van der Waals surface area contributed by atoms with Crippen molar-refractivity contribution in [2.75, 3.05) is 20.2 Å². The van der Waals surface area contributed by atoms with Crippen molar-refractivity contribution in [3.05, 3.63) is 64.7 Å². The number of ether oxygens (including phenoxy) is 1. The smallest absolute Gasteiger partial charge is 0.118 e. The number of halogens is 1. The van der Waals surface area contributed by atoms with Crippen molar-refractivity contribution in [1.82, 2.24) is 4.90 Å². The van der Waals surface area contributed by atoms with Crippen LogP contribution >= 0.6 is 11.6 Å². The first kappa shape index (κ1) is 18.8. The Balaban J connectivity index is 2.01. The lowest BCUT2D eigenvalue weighted by atomic mass is 10.1. The molecule has 0 aromatic heterocycles. The van der Waals surface area contributed by atoms with E-state index in [2.05, 4.69) is 24.0 Å². The van der Waals surface area contributed by atoms with Gasteiger partial charge in [0.05, 0.1) is 13.2 Å². The molecule has 1 atom stereocenters. The monoisotopic (exact) mass is 347 g/mol. The summed E-state index contributed by atoms with van der Waals surface area (Å²) in [6.45, 7) is 4.57. The maximum absolute atomic E-state index is 10.5. The molecule has 24 heavy (non-hydrogen) atoms. The van der Waals surface area contributed by atoms with Gasteiger partial charge in [-0.1, -0.05) is 49.2 Å². The largest absolute Gasteiger partial charge is 0.497 e. The van der Waals surface area contributed by atoms with Gasteiger partial charge in [0.15, 0.2) is 0 Å². The van der Waals surface area contributed by atoms with Gasteiger partial charge in [-0.2, -0.15) is 0 Å². The zero-order valence-corrected chi connectivity index (χ0v) is 15.2. The summed E-state index contributed by atoms with van der Waals surface area (Å²) in [6, 6.07) is 15.5. The van der Waals surface area contributed by atoms with Crippen molar-refractivity contribution in [3.63, 3.8) is 0 Å². The molecule has 130 valence electrons. The van der Waals surface area contributed by atoms with E-state index in [4.69, 9.17) is 16.3 Å². The van der Waals surface area contributed by atoms with Crippen molar-refractivity contribution >= 4 is 11.6 Å². The van der Waals surface area contributed by atoms with Gasteiger partial charge in [-0.15, -0.1) is 0 Å². The second-order valence-corrected chi connectivity index (χ2v) is 6.44. The Kier molecular flexibility index (Phi) is 7.57. The van der Waals surface area contributed by atoms with Crippen LogP contribution < -0.4 is 4.74 Å². The molecule has 0 radical (unpaired) electrons. The molecular weight excluding hydrogens is 322 g/mol. The van der Waals surface area contributed by atoms with Crippen molar-refractivity contribution in [2.24, 2.45) is 0 Å². The zero-order chi connectivity index (χ0) is 17.4. The number of nitrogens with zero attached hydrogens (tertiary/aromatic N) is 1. The minimum absolute atomic E-state index is 0.516. The van der Waals surface area contributed by atoms with Crippen LogP contribution in [-0.4, -0.2) is 30.2 Å². The molecule has 0 aliphatic heterocycles. The number of aliphatic hydroxyl groups is 1. The first-order valence-electron chi connectivity index (χ1n) is 8.41. The van der Waals surface area contributed by atoms with Gasteiger partial charge in [-0.05, 0) is 48.4 Å². The summed E-state index contributed by atoms with van der Waals surface area (Å²) in [5.74, 6) is 0.861. The van der Waals surface area contributed by atoms with E-state index in [9.17, 15) is 5.11 Å². The lowest BCUT2D eigenvalue weighted by Gasteiger charge is -2.25. The van der Waals surface area contributed by atoms with Crippen molar-refractivity contribution in [3.8, 4) is 5.75 Å². The summed E-state index contributed by atoms with van der Waals surface area (Å²) in [6.07, 6.45) is 1.73. The summed E-state index contributed by atoms with van der Waals surface area (Å²) in [4.78, 5) is 2.30.